The molecule has 0 saturated carbocycles. The van der Waals surface area contributed by atoms with E-state index in [0.717, 1.165) is 31.4 Å². The molecule has 5 nitrogen and oxygen atoms in total. The average molecular weight is 346 g/mol. The van der Waals surface area contributed by atoms with Gasteiger partial charge in [0.2, 0.25) is 15.9 Å². The number of halogens is 2. The smallest absolute Gasteiger partial charge is 0.244 e. The molecule has 0 aromatic heterocycles. The number of carbonyl (C=O) groups is 1. The molecule has 1 N–H and O–H groups in total. The van der Waals surface area contributed by atoms with Crippen molar-refractivity contribution in [3.05, 3.63) is 29.8 Å². The van der Waals surface area contributed by atoms with Crippen LogP contribution in [0.2, 0.25) is 0 Å². The predicted molar refractivity (Wildman–Crippen MR) is 81.2 cm³/mol. The zero-order chi connectivity index (χ0) is 17.2. The van der Waals surface area contributed by atoms with Crippen molar-refractivity contribution >= 4 is 15.9 Å². The van der Waals surface area contributed by atoms with Gasteiger partial charge in [-0.1, -0.05) is 0 Å². The fraction of sp³-hybridized carbons (Fsp3) is 0.533. The van der Waals surface area contributed by atoms with Crippen molar-refractivity contribution in [2.45, 2.75) is 50.1 Å². The van der Waals surface area contributed by atoms with Gasteiger partial charge in [-0.25, -0.2) is 17.2 Å². The summed E-state index contributed by atoms with van der Waals surface area (Å²) in [4.78, 5) is 13.2. The summed E-state index contributed by atoms with van der Waals surface area (Å²) in [7, 11) is -4.33. The van der Waals surface area contributed by atoms with E-state index in [-0.39, 0.29) is 11.9 Å². The number of benzene rings is 1. The van der Waals surface area contributed by atoms with Crippen LogP contribution in [-0.4, -0.2) is 37.9 Å². The van der Waals surface area contributed by atoms with E-state index in [1.165, 1.54) is 6.92 Å². The lowest BCUT2D eigenvalue weighted by Crippen LogP contribution is -2.51. The molecule has 1 saturated heterocycles. The third-order valence-corrected chi connectivity index (χ3v) is 5.53. The molecule has 1 aliphatic heterocycles. The first kappa shape index (κ1) is 17.8. The number of amides is 1. The molecule has 0 bridgehead atoms. The maximum atomic E-state index is 13.7. The largest absolute Gasteiger partial charge is 0.339 e. The maximum Gasteiger partial charge on any atom is 0.244 e. The zero-order valence-corrected chi connectivity index (χ0v) is 13.9. The highest BCUT2D eigenvalue weighted by Gasteiger charge is 2.30. The average Bonchev–Trinajstić information content (AvgIpc) is 2.49. The highest BCUT2D eigenvalue weighted by atomic mass is 32.2. The second-order valence-corrected chi connectivity index (χ2v) is 7.48. The van der Waals surface area contributed by atoms with Crippen molar-refractivity contribution in [3.63, 3.8) is 0 Å². The molecule has 1 aromatic rings. The molecule has 8 heteroatoms. The number of piperidine rings is 1. The molecule has 2 atom stereocenters. The Kier molecular flexibility index (Phi) is 5.36. The van der Waals surface area contributed by atoms with Crippen LogP contribution in [0.4, 0.5) is 8.78 Å². The molecule has 0 spiro atoms. The van der Waals surface area contributed by atoms with Crippen LogP contribution in [-0.2, 0) is 14.8 Å². The van der Waals surface area contributed by atoms with Gasteiger partial charge in [0, 0.05) is 12.6 Å². The minimum Gasteiger partial charge on any atom is -0.339 e. The first-order valence-electron chi connectivity index (χ1n) is 7.50. The van der Waals surface area contributed by atoms with Crippen LogP contribution < -0.4 is 4.72 Å². The van der Waals surface area contributed by atoms with Crippen LogP contribution in [0.25, 0.3) is 0 Å². The van der Waals surface area contributed by atoms with Crippen molar-refractivity contribution in [1.82, 2.24) is 9.62 Å². The predicted octanol–water partition coefficient (Wildman–Crippen LogP) is 2.03. The van der Waals surface area contributed by atoms with Crippen LogP contribution >= 0.6 is 0 Å². The summed E-state index contributed by atoms with van der Waals surface area (Å²) in [5.41, 5.74) is 0. The second kappa shape index (κ2) is 6.92. The van der Waals surface area contributed by atoms with Gasteiger partial charge >= 0.3 is 0 Å². The Morgan fingerprint density at radius 3 is 2.70 bits per heavy atom. The van der Waals surface area contributed by atoms with Crippen LogP contribution in [0.5, 0.6) is 0 Å². The SMILES string of the molecule is C[C@@H]1CCCCN1C(=O)[C@@H](C)NS(=O)(=O)c1cc(F)ccc1F. The van der Waals surface area contributed by atoms with E-state index in [2.05, 4.69) is 4.72 Å². The van der Waals surface area contributed by atoms with E-state index in [1.807, 2.05) is 6.92 Å². The van der Waals surface area contributed by atoms with Crippen LogP contribution in [0, 0.1) is 11.6 Å². The van der Waals surface area contributed by atoms with Crippen LogP contribution in [0.1, 0.15) is 33.1 Å². The highest BCUT2D eigenvalue weighted by Crippen LogP contribution is 2.19. The number of sulfonamides is 1. The van der Waals surface area contributed by atoms with Gasteiger partial charge in [-0.2, -0.15) is 4.72 Å². The Balaban J connectivity index is 2.16. The Labute approximate surface area is 134 Å². The summed E-state index contributed by atoms with van der Waals surface area (Å²) in [6, 6.07) is 1.15. The molecule has 1 aliphatic rings. The molecule has 1 fully saturated rings. The third kappa shape index (κ3) is 4.06. The number of rotatable bonds is 4. The summed E-state index contributed by atoms with van der Waals surface area (Å²) in [5, 5.41) is 0. The Bertz CT molecular complexity index is 694. The molecule has 2 rings (SSSR count). The molecule has 0 aliphatic carbocycles. The minimum atomic E-state index is -4.33. The molecular weight excluding hydrogens is 326 g/mol. The monoisotopic (exact) mass is 346 g/mol. The van der Waals surface area contributed by atoms with E-state index in [4.69, 9.17) is 0 Å². The summed E-state index contributed by atoms with van der Waals surface area (Å²) in [6.45, 7) is 3.88. The highest BCUT2D eigenvalue weighted by molar-refractivity contribution is 7.89. The molecular formula is C15H20F2N2O3S. The standard InChI is InChI=1S/C15H20F2N2O3S/c1-10-5-3-4-8-19(10)15(20)11(2)18-23(21,22)14-9-12(16)6-7-13(14)17/h6-7,9-11,18H,3-5,8H2,1-2H3/t10-,11-/m1/s1. The summed E-state index contributed by atoms with van der Waals surface area (Å²) < 4.78 is 53.4. The molecule has 1 amide bonds. The lowest BCUT2D eigenvalue weighted by atomic mass is 10.0. The number of hydrogen-bond acceptors (Lipinski definition) is 3. The fourth-order valence-electron chi connectivity index (χ4n) is 2.70. The van der Waals surface area contributed by atoms with E-state index in [9.17, 15) is 22.0 Å². The quantitative estimate of drug-likeness (QED) is 0.907. The normalized spacial score (nSPS) is 20.3. The lowest BCUT2D eigenvalue weighted by Gasteiger charge is -2.35. The van der Waals surface area contributed by atoms with Gasteiger partial charge in [-0.3, -0.25) is 4.79 Å². The van der Waals surface area contributed by atoms with Gasteiger partial charge in [0.25, 0.3) is 0 Å². The molecule has 128 valence electrons. The number of nitrogens with zero attached hydrogens (tertiary/aromatic N) is 1. The Morgan fingerprint density at radius 1 is 1.35 bits per heavy atom. The Hall–Kier alpha value is -1.54. The van der Waals surface area contributed by atoms with Crippen molar-refractivity contribution in [1.29, 1.82) is 0 Å². The summed E-state index contributed by atoms with van der Waals surface area (Å²) >= 11 is 0. The number of carbonyl (C=O) groups excluding carboxylic acids is 1. The van der Waals surface area contributed by atoms with Crippen molar-refractivity contribution in [2.75, 3.05) is 6.54 Å². The van der Waals surface area contributed by atoms with Crippen LogP contribution in [0.15, 0.2) is 23.1 Å². The van der Waals surface area contributed by atoms with E-state index >= 15 is 0 Å². The number of nitrogens with one attached hydrogen (secondary N) is 1. The molecule has 0 radical (unpaired) electrons. The molecule has 1 aromatic carbocycles. The van der Waals surface area contributed by atoms with Gasteiger partial charge in [0.05, 0.1) is 6.04 Å². The van der Waals surface area contributed by atoms with Gasteiger partial charge in [0.15, 0.2) is 0 Å². The summed E-state index contributed by atoms with van der Waals surface area (Å²) in [6.07, 6.45) is 2.76. The fourth-order valence-corrected chi connectivity index (χ4v) is 3.99. The van der Waals surface area contributed by atoms with Crippen molar-refractivity contribution in [3.8, 4) is 0 Å². The Morgan fingerprint density at radius 2 is 2.04 bits per heavy atom. The number of hydrogen-bond donors (Lipinski definition) is 1. The first-order chi connectivity index (χ1) is 10.7. The number of likely N-dealkylation sites (tertiary alicyclic amines) is 1. The molecule has 0 unspecified atom stereocenters. The second-order valence-electron chi connectivity index (χ2n) is 5.79. The first-order valence-corrected chi connectivity index (χ1v) is 8.98. The summed E-state index contributed by atoms with van der Waals surface area (Å²) in [5.74, 6) is -2.29. The van der Waals surface area contributed by atoms with E-state index in [0.29, 0.717) is 12.6 Å². The van der Waals surface area contributed by atoms with Gasteiger partial charge in [-0.05, 0) is 51.3 Å². The molecule has 1 heterocycles. The van der Waals surface area contributed by atoms with Crippen molar-refractivity contribution in [2.24, 2.45) is 0 Å². The third-order valence-electron chi connectivity index (χ3n) is 3.97. The van der Waals surface area contributed by atoms with Crippen LogP contribution in [0.3, 0.4) is 0 Å². The topological polar surface area (TPSA) is 66.5 Å². The van der Waals surface area contributed by atoms with E-state index in [1.54, 1.807) is 4.90 Å². The maximum absolute atomic E-state index is 13.7. The minimum absolute atomic E-state index is 0.0362. The van der Waals surface area contributed by atoms with E-state index < -0.39 is 32.6 Å². The van der Waals surface area contributed by atoms with Crippen molar-refractivity contribution < 1.29 is 22.0 Å². The lowest BCUT2D eigenvalue weighted by molar-refractivity contribution is -0.135. The van der Waals surface area contributed by atoms with Gasteiger partial charge in [0.1, 0.15) is 16.5 Å². The van der Waals surface area contributed by atoms with Gasteiger partial charge < -0.3 is 4.90 Å². The zero-order valence-electron chi connectivity index (χ0n) is 13.1. The molecule has 23 heavy (non-hydrogen) atoms. The van der Waals surface area contributed by atoms with Gasteiger partial charge in [-0.15, -0.1) is 0 Å².